The van der Waals surface area contributed by atoms with E-state index in [2.05, 4.69) is 5.32 Å². The lowest BCUT2D eigenvalue weighted by Gasteiger charge is -2.44. The Labute approximate surface area is 121 Å². The lowest BCUT2D eigenvalue weighted by molar-refractivity contribution is -0.143. The van der Waals surface area contributed by atoms with E-state index in [1.807, 2.05) is 4.90 Å². The van der Waals surface area contributed by atoms with Crippen molar-refractivity contribution in [2.75, 3.05) is 32.8 Å². The molecule has 0 bridgehead atoms. The molecule has 3 aliphatic rings. The smallest absolute Gasteiger partial charge is 0.251 e. The summed E-state index contributed by atoms with van der Waals surface area (Å²) in [5.74, 6) is 0.247. The fourth-order valence-electron chi connectivity index (χ4n) is 3.63. The monoisotopic (exact) mass is 288 g/mol. The number of likely N-dealkylation sites (tertiary alicyclic amines) is 1. The molecule has 0 unspecified atom stereocenters. The number of ether oxygens (including phenoxy) is 1. The number of rotatable bonds is 1. The zero-order chi connectivity index (χ0) is 12.4. The van der Waals surface area contributed by atoms with Gasteiger partial charge >= 0.3 is 0 Å². The summed E-state index contributed by atoms with van der Waals surface area (Å²) in [6.45, 7) is 4.95. The molecular formula is C14H25ClN2O2. The fraction of sp³-hybridized carbons (Fsp3) is 0.929. The lowest BCUT2D eigenvalue weighted by atomic mass is 9.71. The first kappa shape index (κ1) is 15.1. The van der Waals surface area contributed by atoms with Crippen LogP contribution in [-0.4, -0.2) is 49.7 Å². The Morgan fingerprint density at radius 3 is 2.42 bits per heavy atom. The van der Waals surface area contributed by atoms with Crippen molar-refractivity contribution in [3.05, 3.63) is 0 Å². The summed E-state index contributed by atoms with van der Waals surface area (Å²) in [6.07, 6.45) is 6.78. The van der Waals surface area contributed by atoms with Gasteiger partial charge in [-0.1, -0.05) is 0 Å². The molecule has 3 rings (SSSR count). The maximum Gasteiger partial charge on any atom is 0.251 e. The van der Waals surface area contributed by atoms with Gasteiger partial charge in [0, 0.05) is 19.7 Å². The number of carbonyl (C=O) groups excluding carboxylic acids is 1. The minimum atomic E-state index is -0.132. The zero-order valence-corrected chi connectivity index (χ0v) is 12.3. The van der Waals surface area contributed by atoms with E-state index in [0.29, 0.717) is 5.41 Å². The predicted molar refractivity (Wildman–Crippen MR) is 76.6 cm³/mol. The van der Waals surface area contributed by atoms with E-state index in [0.717, 1.165) is 45.6 Å². The summed E-state index contributed by atoms with van der Waals surface area (Å²) >= 11 is 0. The van der Waals surface area contributed by atoms with Crippen LogP contribution in [0.3, 0.4) is 0 Å². The highest BCUT2D eigenvalue weighted by atomic mass is 35.5. The summed E-state index contributed by atoms with van der Waals surface area (Å²) in [5.41, 5.74) is 0.526. The average Bonchev–Trinajstić information content (AvgIpc) is 2.94. The molecule has 3 saturated heterocycles. The van der Waals surface area contributed by atoms with Crippen LogP contribution in [0.2, 0.25) is 0 Å². The van der Waals surface area contributed by atoms with Crippen molar-refractivity contribution >= 4 is 18.3 Å². The van der Waals surface area contributed by atoms with Crippen LogP contribution in [0.25, 0.3) is 0 Å². The normalized spacial score (nSPS) is 30.1. The molecule has 5 heteroatoms. The second-order valence-corrected chi connectivity index (χ2v) is 6.08. The van der Waals surface area contributed by atoms with Crippen molar-refractivity contribution in [2.45, 2.75) is 44.6 Å². The summed E-state index contributed by atoms with van der Waals surface area (Å²) in [6, 6.07) is 0. The zero-order valence-electron chi connectivity index (χ0n) is 11.5. The molecule has 3 fully saturated rings. The van der Waals surface area contributed by atoms with Gasteiger partial charge in [-0.2, -0.15) is 0 Å². The first-order chi connectivity index (χ1) is 8.79. The van der Waals surface area contributed by atoms with Crippen LogP contribution in [0.5, 0.6) is 0 Å². The van der Waals surface area contributed by atoms with E-state index in [-0.39, 0.29) is 24.4 Å². The van der Waals surface area contributed by atoms with Gasteiger partial charge in [0.1, 0.15) is 6.10 Å². The van der Waals surface area contributed by atoms with Crippen LogP contribution in [0.1, 0.15) is 38.5 Å². The molecule has 0 radical (unpaired) electrons. The van der Waals surface area contributed by atoms with Gasteiger partial charge in [0.2, 0.25) is 0 Å². The van der Waals surface area contributed by atoms with Crippen LogP contribution < -0.4 is 5.32 Å². The Morgan fingerprint density at radius 2 is 1.84 bits per heavy atom. The van der Waals surface area contributed by atoms with E-state index in [1.165, 1.54) is 25.7 Å². The van der Waals surface area contributed by atoms with Crippen LogP contribution in [0.4, 0.5) is 0 Å². The maximum atomic E-state index is 12.3. The highest BCUT2D eigenvalue weighted by molar-refractivity contribution is 5.85. The average molecular weight is 289 g/mol. The third-order valence-corrected chi connectivity index (χ3v) is 5.01. The summed E-state index contributed by atoms with van der Waals surface area (Å²) in [5, 5.41) is 3.43. The number of carbonyl (C=O) groups is 1. The van der Waals surface area contributed by atoms with Gasteiger partial charge in [-0.3, -0.25) is 4.79 Å². The second-order valence-electron chi connectivity index (χ2n) is 6.08. The Morgan fingerprint density at radius 1 is 1.16 bits per heavy atom. The highest BCUT2D eigenvalue weighted by Gasteiger charge is 2.38. The Kier molecular flexibility index (Phi) is 5.09. The number of nitrogens with one attached hydrogen (secondary N) is 1. The highest BCUT2D eigenvalue weighted by Crippen LogP contribution is 2.39. The van der Waals surface area contributed by atoms with Crippen molar-refractivity contribution in [1.82, 2.24) is 10.2 Å². The number of halogens is 1. The second kappa shape index (κ2) is 6.42. The molecule has 110 valence electrons. The number of hydrogen-bond acceptors (Lipinski definition) is 3. The topological polar surface area (TPSA) is 41.6 Å². The quantitative estimate of drug-likeness (QED) is 0.796. The van der Waals surface area contributed by atoms with Crippen molar-refractivity contribution in [3.8, 4) is 0 Å². The first-order valence-electron chi connectivity index (χ1n) is 7.40. The van der Waals surface area contributed by atoms with Gasteiger partial charge in [-0.25, -0.2) is 0 Å². The lowest BCUT2D eigenvalue weighted by Crippen LogP contribution is -2.49. The van der Waals surface area contributed by atoms with Crippen LogP contribution in [0, 0.1) is 5.41 Å². The molecule has 1 N–H and O–H groups in total. The van der Waals surface area contributed by atoms with E-state index >= 15 is 0 Å². The molecule has 0 saturated carbocycles. The predicted octanol–water partition coefficient (Wildman–Crippen LogP) is 1.58. The molecule has 1 spiro atoms. The standard InChI is InChI=1S/C14H24N2O2.ClH/c17-13(12-2-1-11-18-12)16-9-5-14(6-10-16)3-7-15-8-4-14;/h12,15H,1-11H2;1H/t12-;/m1./s1. The summed E-state index contributed by atoms with van der Waals surface area (Å²) < 4.78 is 5.50. The van der Waals surface area contributed by atoms with E-state index < -0.39 is 0 Å². The first-order valence-corrected chi connectivity index (χ1v) is 7.40. The van der Waals surface area contributed by atoms with Crippen LogP contribution >= 0.6 is 12.4 Å². The summed E-state index contributed by atoms with van der Waals surface area (Å²) in [7, 11) is 0. The number of nitrogens with zero attached hydrogens (tertiary/aromatic N) is 1. The largest absolute Gasteiger partial charge is 0.368 e. The SMILES string of the molecule is Cl.O=C([C@H]1CCCO1)N1CCC2(CCNCC2)CC1. The van der Waals surface area contributed by atoms with Gasteiger partial charge in [-0.15, -0.1) is 12.4 Å². The van der Waals surface area contributed by atoms with E-state index in [9.17, 15) is 4.79 Å². The molecule has 19 heavy (non-hydrogen) atoms. The van der Waals surface area contributed by atoms with Crippen molar-refractivity contribution in [1.29, 1.82) is 0 Å². The van der Waals surface area contributed by atoms with Gasteiger partial charge in [-0.05, 0) is 57.0 Å². The van der Waals surface area contributed by atoms with Gasteiger partial charge < -0.3 is 15.0 Å². The van der Waals surface area contributed by atoms with Crippen LogP contribution in [0.15, 0.2) is 0 Å². The fourth-order valence-corrected chi connectivity index (χ4v) is 3.63. The number of amides is 1. The van der Waals surface area contributed by atoms with E-state index in [1.54, 1.807) is 0 Å². The van der Waals surface area contributed by atoms with Gasteiger partial charge in [0.25, 0.3) is 5.91 Å². The third kappa shape index (κ3) is 3.23. The molecule has 1 amide bonds. The maximum absolute atomic E-state index is 12.3. The van der Waals surface area contributed by atoms with Crippen molar-refractivity contribution in [2.24, 2.45) is 5.41 Å². The molecule has 1 atom stereocenters. The van der Waals surface area contributed by atoms with Gasteiger partial charge in [0.15, 0.2) is 0 Å². The molecule has 3 heterocycles. The molecule has 0 aromatic heterocycles. The van der Waals surface area contributed by atoms with E-state index in [4.69, 9.17) is 4.74 Å². The molecule has 4 nitrogen and oxygen atoms in total. The number of hydrogen-bond donors (Lipinski definition) is 1. The molecular weight excluding hydrogens is 264 g/mol. The Balaban J connectivity index is 0.00000133. The van der Waals surface area contributed by atoms with Crippen molar-refractivity contribution in [3.63, 3.8) is 0 Å². The van der Waals surface area contributed by atoms with Gasteiger partial charge in [0.05, 0.1) is 0 Å². The third-order valence-electron chi connectivity index (χ3n) is 5.01. The van der Waals surface area contributed by atoms with Crippen LogP contribution in [-0.2, 0) is 9.53 Å². The molecule has 3 aliphatic heterocycles. The number of piperidine rings is 2. The summed E-state index contributed by atoms with van der Waals surface area (Å²) in [4.78, 5) is 14.3. The Hall–Kier alpha value is -0.320. The van der Waals surface area contributed by atoms with Crippen molar-refractivity contribution < 1.29 is 9.53 Å². The molecule has 0 aromatic rings. The molecule has 0 aromatic carbocycles. The minimum Gasteiger partial charge on any atom is -0.368 e. The Bertz CT molecular complexity index is 303. The minimum absolute atomic E-state index is 0. The molecule has 0 aliphatic carbocycles.